The van der Waals surface area contributed by atoms with Crippen LogP contribution in [0.3, 0.4) is 0 Å². The fourth-order valence-electron chi connectivity index (χ4n) is 3.90. The van der Waals surface area contributed by atoms with E-state index in [-0.39, 0.29) is 17.6 Å². The number of carbonyl (C=O) groups excluding carboxylic acids is 1. The van der Waals surface area contributed by atoms with Crippen LogP contribution in [0.25, 0.3) is 5.65 Å². The fraction of sp³-hybridized carbons (Fsp3) is 0.318. The number of anilines is 2. The van der Waals surface area contributed by atoms with Crippen molar-refractivity contribution < 1.29 is 9.18 Å². The van der Waals surface area contributed by atoms with Crippen molar-refractivity contribution in [3.8, 4) is 0 Å². The number of hydrogen-bond acceptors (Lipinski definition) is 7. The molecule has 0 spiro atoms. The number of nitrogens with zero attached hydrogens (tertiary/aromatic N) is 6. The molecule has 1 aliphatic rings. The highest BCUT2D eigenvalue weighted by Crippen LogP contribution is 2.28. The van der Waals surface area contributed by atoms with Crippen molar-refractivity contribution in [1.29, 1.82) is 0 Å². The van der Waals surface area contributed by atoms with E-state index < -0.39 is 0 Å². The van der Waals surface area contributed by atoms with Gasteiger partial charge in [-0.15, -0.1) is 26.6 Å². The van der Waals surface area contributed by atoms with Gasteiger partial charge in [0.15, 0.2) is 10.8 Å². The lowest BCUT2D eigenvalue weighted by molar-refractivity contribution is -0.120. The Kier molecular flexibility index (Phi) is 5.52. The maximum absolute atomic E-state index is 13.1. The number of fused-ring (bicyclic) bond motifs is 1. The number of carbonyl (C=O) groups is 1. The van der Waals surface area contributed by atoms with Gasteiger partial charge in [-0.3, -0.25) is 4.79 Å². The molecule has 0 saturated carbocycles. The minimum atomic E-state index is -0.246. The smallest absolute Gasteiger partial charge is 0.229 e. The zero-order chi connectivity index (χ0) is 22.1. The molecule has 8 nitrogen and oxygen atoms in total. The standard InChI is InChI=1S/C22H22FN7OS/c1-14-18(12-15-2-4-17(23)5-3-15)32-22(25-14)26-21(31)16-8-10-29(11-9-16)20-7-6-19-27-24-13-30(19)28-20/h2-7,13,16H,8-12H2,1H3,(H,25,26,31). The molecule has 1 aliphatic heterocycles. The second-order valence-electron chi connectivity index (χ2n) is 7.91. The van der Waals surface area contributed by atoms with E-state index in [1.807, 2.05) is 19.1 Å². The summed E-state index contributed by atoms with van der Waals surface area (Å²) >= 11 is 1.48. The van der Waals surface area contributed by atoms with E-state index in [9.17, 15) is 9.18 Å². The molecule has 0 atom stereocenters. The van der Waals surface area contributed by atoms with E-state index in [4.69, 9.17) is 0 Å². The topological polar surface area (TPSA) is 88.3 Å². The molecule has 32 heavy (non-hydrogen) atoms. The van der Waals surface area contributed by atoms with Crippen molar-refractivity contribution in [2.24, 2.45) is 5.92 Å². The minimum absolute atomic E-state index is 0.00829. The van der Waals surface area contributed by atoms with Gasteiger partial charge in [0.2, 0.25) is 5.91 Å². The third kappa shape index (κ3) is 4.31. The van der Waals surface area contributed by atoms with Gasteiger partial charge in [-0.1, -0.05) is 12.1 Å². The van der Waals surface area contributed by atoms with Crippen molar-refractivity contribution in [2.75, 3.05) is 23.3 Å². The number of amides is 1. The first kappa shape index (κ1) is 20.5. The molecular formula is C22H22FN7OS. The summed E-state index contributed by atoms with van der Waals surface area (Å²) in [5.41, 5.74) is 2.61. The molecule has 0 bridgehead atoms. The number of thiazole rings is 1. The van der Waals surface area contributed by atoms with E-state index in [2.05, 4.69) is 30.5 Å². The maximum Gasteiger partial charge on any atom is 0.229 e. The van der Waals surface area contributed by atoms with Crippen LogP contribution in [-0.2, 0) is 11.2 Å². The number of halogens is 1. The first-order valence-electron chi connectivity index (χ1n) is 10.5. The summed E-state index contributed by atoms with van der Waals surface area (Å²) in [4.78, 5) is 20.6. The number of aromatic nitrogens is 5. The third-order valence-corrected chi connectivity index (χ3v) is 6.81. The number of benzene rings is 1. The molecule has 1 N–H and O–H groups in total. The molecule has 164 valence electrons. The van der Waals surface area contributed by atoms with Crippen LogP contribution in [0.15, 0.2) is 42.7 Å². The summed E-state index contributed by atoms with van der Waals surface area (Å²) in [6, 6.07) is 10.3. The second kappa shape index (κ2) is 8.62. The molecule has 5 rings (SSSR count). The molecule has 3 aromatic heterocycles. The molecule has 0 radical (unpaired) electrons. The molecule has 1 aromatic carbocycles. The number of nitrogens with one attached hydrogen (secondary N) is 1. The lowest BCUT2D eigenvalue weighted by Gasteiger charge is -2.31. The Bertz CT molecular complexity index is 1240. The van der Waals surface area contributed by atoms with Crippen molar-refractivity contribution in [3.63, 3.8) is 0 Å². The summed E-state index contributed by atoms with van der Waals surface area (Å²) in [7, 11) is 0. The Morgan fingerprint density at radius 3 is 2.75 bits per heavy atom. The molecule has 1 saturated heterocycles. The van der Waals surface area contributed by atoms with Gasteiger partial charge < -0.3 is 10.2 Å². The largest absolute Gasteiger partial charge is 0.355 e. The third-order valence-electron chi connectivity index (χ3n) is 5.74. The van der Waals surface area contributed by atoms with Crippen LogP contribution in [-0.4, -0.2) is 43.8 Å². The SMILES string of the molecule is Cc1nc(NC(=O)C2CCN(c3ccc4nncn4n3)CC2)sc1Cc1ccc(F)cc1. The summed E-state index contributed by atoms with van der Waals surface area (Å²) in [5.74, 6) is 0.560. The first-order chi connectivity index (χ1) is 15.5. The van der Waals surface area contributed by atoms with Gasteiger partial charge in [-0.05, 0) is 49.6 Å². The molecule has 0 unspecified atom stereocenters. The van der Waals surface area contributed by atoms with E-state index in [0.29, 0.717) is 17.2 Å². The minimum Gasteiger partial charge on any atom is -0.355 e. The van der Waals surface area contributed by atoms with Crippen LogP contribution in [0.1, 0.15) is 29.0 Å². The van der Waals surface area contributed by atoms with Crippen LogP contribution in [0.4, 0.5) is 15.3 Å². The Morgan fingerprint density at radius 2 is 1.97 bits per heavy atom. The van der Waals surface area contributed by atoms with Crippen molar-refractivity contribution in [2.45, 2.75) is 26.2 Å². The predicted molar refractivity (Wildman–Crippen MR) is 120 cm³/mol. The van der Waals surface area contributed by atoms with Gasteiger partial charge in [0.25, 0.3) is 0 Å². The van der Waals surface area contributed by atoms with Gasteiger partial charge in [-0.25, -0.2) is 9.37 Å². The van der Waals surface area contributed by atoms with E-state index in [0.717, 1.165) is 47.9 Å². The molecule has 4 heterocycles. The van der Waals surface area contributed by atoms with Crippen molar-refractivity contribution >= 4 is 33.8 Å². The van der Waals surface area contributed by atoms with E-state index >= 15 is 0 Å². The van der Waals surface area contributed by atoms with Crippen LogP contribution in [0, 0.1) is 18.7 Å². The fourth-order valence-corrected chi connectivity index (χ4v) is 4.90. The van der Waals surface area contributed by atoms with Gasteiger partial charge in [-0.2, -0.15) is 4.52 Å². The summed E-state index contributed by atoms with van der Waals surface area (Å²) in [6.07, 6.45) is 3.75. The molecule has 1 fully saturated rings. The number of piperidine rings is 1. The van der Waals surface area contributed by atoms with Crippen LogP contribution in [0.5, 0.6) is 0 Å². The first-order valence-corrected chi connectivity index (χ1v) is 11.3. The lowest BCUT2D eigenvalue weighted by Crippen LogP contribution is -2.38. The number of aryl methyl sites for hydroxylation is 1. The van der Waals surface area contributed by atoms with Crippen LogP contribution < -0.4 is 10.2 Å². The zero-order valence-corrected chi connectivity index (χ0v) is 18.3. The van der Waals surface area contributed by atoms with Crippen molar-refractivity contribution in [1.82, 2.24) is 24.8 Å². The molecule has 10 heteroatoms. The highest BCUT2D eigenvalue weighted by atomic mass is 32.1. The van der Waals surface area contributed by atoms with Gasteiger partial charge in [0, 0.05) is 30.3 Å². The van der Waals surface area contributed by atoms with Gasteiger partial charge >= 0.3 is 0 Å². The quantitative estimate of drug-likeness (QED) is 0.500. The average Bonchev–Trinajstić information content (AvgIpc) is 3.41. The molecule has 0 aliphatic carbocycles. The average molecular weight is 452 g/mol. The predicted octanol–water partition coefficient (Wildman–Crippen LogP) is 3.47. The van der Waals surface area contributed by atoms with E-state index in [1.165, 1.54) is 23.5 Å². The molecule has 4 aromatic rings. The van der Waals surface area contributed by atoms with E-state index in [1.54, 1.807) is 23.0 Å². The van der Waals surface area contributed by atoms with Gasteiger partial charge in [0.1, 0.15) is 18.0 Å². The highest BCUT2D eigenvalue weighted by Gasteiger charge is 2.26. The maximum atomic E-state index is 13.1. The Labute approximate surface area is 188 Å². The monoisotopic (exact) mass is 451 g/mol. The summed E-state index contributed by atoms with van der Waals surface area (Å²) < 4.78 is 14.8. The Balaban J connectivity index is 1.18. The summed E-state index contributed by atoms with van der Waals surface area (Å²) in [6.45, 7) is 3.44. The number of rotatable bonds is 5. The molecule has 1 amide bonds. The number of hydrogen-bond donors (Lipinski definition) is 1. The second-order valence-corrected chi connectivity index (χ2v) is 8.99. The van der Waals surface area contributed by atoms with Crippen molar-refractivity contribution in [3.05, 3.63) is 64.7 Å². The Morgan fingerprint density at radius 1 is 1.19 bits per heavy atom. The van der Waals surface area contributed by atoms with Crippen LogP contribution >= 0.6 is 11.3 Å². The summed E-state index contributed by atoms with van der Waals surface area (Å²) in [5, 5.41) is 16.0. The normalized spacial score (nSPS) is 14.8. The zero-order valence-electron chi connectivity index (χ0n) is 17.5. The van der Waals surface area contributed by atoms with Crippen LogP contribution in [0.2, 0.25) is 0 Å². The molecular weight excluding hydrogens is 429 g/mol. The van der Waals surface area contributed by atoms with Gasteiger partial charge in [0.05, 0.1) is 5.69 Å². The highest BCUT2D eigenvalue weighted by molar-refractivity contribution is 7.15. The Hall–Kier alpha value is -3.40. The lowest BCUT2D eigenvalue weighted by atomic mass is 9.96.